The number of rotatable bonds is 3. The second-order valence-corrected chi connectivity index (χ2v) is 4.58. The summed E-state index contributed by atoms with van der Waals surface area (Å²) in [6, 6.07) is 8.84. The molecule has 21 heavy (non-hydrogen) atoms. The van der Waals surface area contributed by atoms with E-state index in [1.165, 1.54) is 10.6 Å². The Hall–Kier alpha value is -2.93. The molecule has 1 aromatic carbocycles. The molecule has 0 radical (unpaired) electrons. The SMILES string of the molecule is NCc1ccc(-c2cn3nc(N)nc3cc2C(=O)O)cc1. The third kappa shape index (κ3) is 2.30. The fraction of sp³-hybridized carbons (Fsp3) is 0.0714. The van der Waals surface area contributed by atoms with E-state index in [0.717, 1.165) is 11.1 Å². The summed E-state index contributed by atoms with van der Waals surface area (Å²) in [4.78, 5) is 15.4. The lowest BCUT2D eigenvalue weighted by molar-refractivity contribution is 0.0697. The number of fused-ring (bicyclic) bond motifs is 1. The molecule has 106 valence electrons. The number of nitrogen functional groups attached to an aromatic ring is 1. The minimum absolute atomic E-state index is 0.0990. The van der Waals surface area contributed by atoms with Crippen LogP contribution in [0.2, 0.25) is 0 Å². The molecule has 0 aliphatic carbocycles. The van der Waals surface area contributed by atoms with Crippen molar-refractivity contribution in [3.05, 3.63) is 47.7 Å². The fourth-order valence-corrected chi connectivity index (χ4v) is 2.17. The van der Waals surface area contributed by atoms with Crippen LogP contribution in [0.4, 0.5) is 5.95 Å². The number of nitrogens with zero attached hydrogens (tertiary/aromatic N) is 3. The second kappa shape index (κ2) is 4.88. The Balaban J connectivity index is 2.22. The van der Waals surface area contributed by atoms with Crippen LogP contribution in [0, 0.1) is 0 Å². The van der Waals surface area contributed by atoms with E-state index in [1.807, 2.05) is 24.3 Å². The van der Waals surface area contributed by atoms with Crippen LogP contribution in [0.5, 0.6) is 0 Å². The van der Waals surface area contributed by atoms with Crippen molar-refractivity contribution in [1.82, 2.24) is 14.6 Å². The molecule has 3 rings (SSSR count). The summed E-state index contributed by atoms with van der Waals surface area (Å²) in [5, 5.41) is 13.4. The zero-order chi connectivity index (χ0) is 15.0. The van der Waals surface area contributed by atoms with Crippen LogP contribution in [-0.4, -0.2) is 25.7 Å². The molecule has 3 aromatic rings. The lowest BCUT2D eigenvalue weighted by atomic mass is 10.0. The summed E-state index contributed by atoms with van der Waals surface area (Å²) in [5.74, 6) is -0.932. The minimum Gasteiger partial charge on any atom is -0.478 e. The number of carbonyl (C=O) groups is 1. The first-order valence-corrected chi connectivity index (χ1v) is 6.27. The van der Waals surface area contributed by atoms with Gasteiger partial charge in [0.15, 0.2) is 5.65 Å². The van der Waals surface area contributed by atoms with E-state index in [0.29, 0.717) is 17.8 Å². The van der Waals surface area contributed by atoms with Crippen molar-refractivity contribution in [3.63, 3.8) is 0 Å². The highest BCUT2D eigenvalue weighted by Crippen LogP contribution is 2.25. The first kappa shape index (κ1) is 13.1. The molecule has 0 saturated carbocycles. The topological polar surface area (TPSA) is 120 Å². The molecule has 2 heterocycles. The van der Waals surface area contributed by atoms with Crippen molar-refractivity contribution >= 4 is 17.6 Å². The first-order valence-electron chi connectivity index (χ1n) is 6.27. The van der Waals surface area contributed by atoms with Crippen LogP contribution in [-0.2, 0) is 6.54 Å². The van der Waals surface area contributed by atoms with E-state index < -0.39 is 5.97 Å². The van der Waals surface area contributed by atoms with Crippen molar-refractivity contribution in [2.45, 2.75) is 6.54 Å². The molecule has 0 bridgehead atoms. The van der Waals surface area contributed by atoms with E-state index in [-0.39, 0.29) is 11.5 Å². The van der Waals surface area contributed by atoms with Crippen LogP contribution in [0.3, 0.4) is 0 Å². The maximum atomic E-state index is 11.5. The number of nitrogens with two attached hydrogens (primary N) is 2. The summed E-state index contributed by atoms with van der Waals surface area (Å²) in [6.07, 6.45) is 1.61. The Labute approximate surface area is 119 Å². The van der Waals surface area contributed by atoms with E-state index in [9.17, 15) is 9.90 Å². The van der Waals surface area contributed by atoms with Gasteiger partial charge in [-0.05, 0) is 17.2 Å². The van der Waals surface area contributed by atoms with Crippen molar-refractivity contribution in [1.29, 1.82) is 0 Å². The first-order chi connectivity index (χ1) is 10.1. The van der Waals surface area contributed by atoms with Crippen LogP contribution < -0.4 is 11.5 Å². The summed E-state index contributed by atoms with van der Waals surface area (Å²) in [5.41, 5.74) is 13.9. The van der Waals surface area contributed by atoms with Crippen LogP contribution in [0.25, 0.3) is 16.8 Å². The number of aromatic carboxylic acids is 1. The van der Waals surface area contributed by atoms with Crippen molar-refractivity contribution in [2.75, 3.05) is 5.73 Å². The number of hydrogen-bond acceptors (Lipinski definition) is 5. The number of benzene rings is 1. The summed E-state index contributed by atoms with van der Waals surface area (Å²) < 4.78 is 1.47. The van der Waals surface area contributed by atoms with Gasteiger partial charge < -0.3 is 16.6 Å². The van der Waals surface area contributed by atoms with E-state index in [4.69, 9.17) is 11.5 Å². The number of aromatic nitrogens is 3. The molecule has 7 nitrogen and oxygen atoms in total. The quantitative estimate of drug-likeness (QED) is 0.663. The number of anilines is 1. The van der Waals surface area contributed by atoms with Crippen molar-refractivity contribution in [2.24, 2.45) is 5.73 Å². The standard InChI is InChI=1S/C14H13N5O2/c15-6-8-1-3-9(4-2-8)11-7-19-12(17-14(16)18-19)5-10(11)13(20)21/h1-5,7H,6,15H2,(H2,16,18)(H,20,21). The van der Waals surface area contributed by atoms with Crippen molar-refractivity contribution < 1.29 is 9.90 Å². The predicted octanol–water partition coefficient (Wildman–Crippen LogP) is 1.14. The van der Waals surface area contributed by atoms with Gasteiger partial charge in [-0.1, -0.05) is 24.3 Å². The van der Waals surface area contributed by atoms with Crippen LogP contribution >= 0.6 is 0 Å². The molecule has 0 unspecified atom stereocenters. The number of carboxylic acid groups (broad SMARTS) is 1. The maximum Gasteiger partial charge on any atom is 0.336 e. The molecular weight excluding hydrogens is 270 g/mol. The zero-order valence-electron chi connectivity index (χ0n) is 11.0. The largest absolute Gasteiger partial charge is 0.478 e. The second-order valence-electron chi connectivity index (χ2n) is 4.58. The highest BCUT2D eigenvalue weighted by Gasteiger charge is 2.15. The molecule has 0 spiro atoms. The van der Waals surface area contributed by atoms with Gasteiger partial charge in [0.25, 0.3) is 0 Å². The third-order valence-corrected chi connectivity index (χ3v) is 3.22. The Morgan fingerprint density at radius 1 is 1.29 bits per heavy atom. The van der Waals surface area contributed by atoms with E-state index >= 15 is 0 Å². The molecule has 2 aromatic heterocycles. The Bertz CT molecular complexity index is 823. The van der Waals surface area contributed by atoms with Gasteiger partial charge in [0, 0.05) is 18.3 Å². The van der Waals surface area contributed by atoms with Crippen molar-refractivity contribution in [3.8, 4) is 11.1 Å². The Morgan fingerprint density at radius 3 is 2.62 bits per heavy atom. The summed E-state index contributed by atoms with van der Waals surface area (Å²) in [6.45, 7) is 0.435. The zero-order valence-corrected chi connectivity index (χ0v) is 11.0. The van der Waals surface area contributed by atoms with E-state index in [1.54, 1.807) is 6.20 Å². The third-order valence-electron chi connectivity index (χ3n) is 3.22. The molecule has 0 aliphatic heterocycles. The highest BCUT2D eigenvalue weighted by molar-refractivity contribution is 5.97. The molecule has 7 heteroatoms. The van der Waals surface area contributed by atoms with Gasteiger partial charge in [-0.2, -0.15) is 4.98 Å². The molecule has 0 aliphatic rings. The molecule has 5 N–H and O–H groups in total. The van der Waals surface area contributed by atoms with E-state index in [2.05, 4.69) is 10.1 Å². The number of hydrogen-bond donors (Lipinski definition) is 3. The summed E-state index contributed by atoms with van der Waals surface area (Å²) >= 11 is 0. The summed E-state index contributed by atoms with van der Waals surface area (Å²) in [7, 11) is 0. The molecule has 0 fully saturated rings. The van der Waals surface area contributed by atoms with Gasteiger partial charge in [0.1, 0.15) is 0 Å². The van der Waals surface area contributed by atoms with Crippen LogP contribution in [0.1, 0.15) is 15.9 Å². The number of pyridine rings is 1. The average Bonchev–Trinajstić information content (AvgIpc) is 2.85. The monoisotopic (exact) mass is 283 g/mol. The van der Waals surface area contributed by atoms with Gasteiger partial charge in [-0.15, -0.1) is 5.10 Å². The van der Waals surface area contributed by atoms with Gasteiger partial charge in [0.2, 0.25) is 5.95 Å². The predicted molar refractivity (Wildman–Crippen MR) is 77.7 cm³/mol. The smallest absolute Gasteiger partial charge is 0.336 e. The molecule has 0 atom stereocenters. The Morgan fingerprint density at radius 2 is 2.00 bits per heavy atom. The van der Waals surface area contributed by atoms with Gasteiger partial charge in [-0.25, -0.2) is 9.31 Å². The maximum absolute atomic E-state index is 11.5. The Kier molecular flexibility index (Phi) is 3.03. The van der Waals surface area contributed by atoms with Gasteiger partial charge in [0.05, 0.1) is 5.56 Å². The molecule has 0 saturated heterocycles. The number of carboxylic acids is 1. The fourth-order valence-electron chi connectivity index (χ4n) is 2.17. The molecular formula is C14H13N5O2. The van der Waals surface area contributed by atoms with Crippen LogP contribution in [0.15, 0.2) is 36.5 Å². The highest BCUT2D eigenvalue weighted by atomic mass is 16.4. The lowest BCUT2D eigenvalue weighted by Gasteiger charge is -2.07. The van der Waals surface area contributed by atoms with Gasteiger partial charge in [-0.3, -0.25) is 0 Å². The average molecular weight is 283 g/mol. The minimum atomic E-state index is -1.03. The lowest BCUT2D eigenvalue weighted by Crippen LogP contribution is -2.03. The molecule has 0 amide bonds. The van der Waals surface area contributed by atoms with Gasteiger partial charge >= 0.3 is 5.97 Å². The normalized spacial score (nSPS) is 10.9.